The Kier molecular flexibility index (Phi) is 5.07. The van der Waals surface area contributed by atoms with Gasteiger partial charge in [0, 0.05) is 25.8 Å². The average molecular weight is 255 g/mol. The minimum atomic E-state index is 0.874. The van der Waals surface area contributed by atoms with Crippen LogP contribution in [0, 0.1) is 0 Å². The fraction of sp³-hybridized carbons (Fsp3) is 0.312. The van der Waals surface area contributed by atoms with E-state index in [1.165, 1.54) is 11.1 Å². The van der Waals surface area contributed by atoms with Crippen molar-refractivity contribution in [2.45, 2.75) is 19.6 Å². The average Bonchev–Trinajstić information content (AvgIpc) is 2.42. The van der Waals surface area contributed by atoms with Crippen LogP contribution in [0.4, 0.5) is 0 Å². The first kappa shape index (κ1) is 13.7. The molecule has 2 rings (SSSR count). The van der Waals surface area contributed by atoms with Crippen LogP contribution >= 0.6 is 0 Å². The van der Waals surface area contributed by atoms with E-state index in [1.54, 1.807) is 0 Å². The zero-order valence-corrected chi connectivity index (χ0v) is 11.6. The van der Waals surface area contributed by atoms with Crippen LogP contribution in [0.25, 0.3) is 0 Å². The van der Waals surface area contributed by atoms with Crippen LogP contribution < -0.4 is 5.32 Å². The molecule has 0 radical (unpaired) electrons. The minimum Gasteiger partial charge on any atom is -0.316 e. The summed E-state index contributed by atoms with van der Waals surface area (Å²) in [6, 6.07) is 14.8. The van der Waals surface area contributed by atoms with Gasteiger partial charge in [-0.2, -0.15) is 0 Å². The fourth-order valence-corrected chi connectivity index (χ4v) is 2.10. The third kappa shape index (κ3) is 4.47. The summed E-state index contributed by atoms with van der Waals surface area (Å²) in [6.07, 6.45) is 1.84. The van der Waals surface area contributed by atoms with Gasteiger partial charge in [-0.05, 0) is 37.4 Å². The second kappa shape index (κ2) is 7.02. The van der Waals surface area contributed by atoms with Crippen LogP contribution in [-0.2, 0) is 19.6 Å². The molecule has 0 aliphatic rings. The Bertz CT molecular complexity index is 479. The number of hydrogen-bond acceptors (Lipinski definition) is 3. The Labute approximate surface area is 115 Å². The molecule has 1 heterocycles. The molecule has 0 saturated heterocycles. The van der Waals surface area contributed by atoms with Crippen molar-refractivity contribution >= 4 is 0 Å². The molecule has 1 aromatic heterocycles. The zero-order chi connectivity index (χ0) is 13.5. The number of hydrogen-bond donors (Lipinski definition) is 1. The van der Waals surface area contributed by atoms with Crippen LogP contribution in [0.5, 0.6) is 0 Å². The molecule has 0 spiro atoms. The molecule has 0 aliphatic heterocycles. The summed E-state index contributed by atoms with van der Waals surface area (Å²) < 4.78 is 0. The molecule has 3 heteroatoms. The van der Waals surface area contributed by atoms with Crippen molar-refractivity contribution in [3.63, 3.8) is 0 Å². The first-order valence-corrected chi connectivity index (χ1v) is 6.59. The summed E-state index contributed by atoms with van der Waals surface area (Å²) in [5, 5.41) is 3.16. The highest BCUT2D eigenvalue weighted by molar-refractivity contribution is 5.22. The normalized spacial score (nSPS) is 10.9. The molecular weight excluding hydrogens is 234 g/mol. The lowest BCUT2D eigenvalue weighted by Crippen LogP contribution is -2.17. The fourth-order valence-electron chi connectivity index (χ4n) is 2.10. The molecule has 0 fully saturated rings. The molecule has 1 aromatic carbocycles. The van der Waals surface area contributed by atoms with Gasteiger partial charge in [0.2, 0.25) is 0 Å². The largest absolute Gasteiger partial charge is 0.316 e. The van der Waals surface area contributed by atoms with E-state index in [0.717, 1.165) is 25.3 Å². The van der Waals surface area contributed by atoms with Crippen LogP contribution in [0.15, 0.2) is 48.7 Å². The van der Waals surface area contributed by atoms with Crippen LogP contribution in [0.2, 0.25) is 0 Å². The number of nitrogens with zero attached hydrogens (tertiary/aromatic N) is 2. The Morgan fingerprint density at radius 3 is 2.37 bits per heavy atom. The molecule has 19 heavy (non-hydrogen) atoms. The Morgan fingerprint density at radius 2 is 1.74 bits per heavy atom. The Morgan fingerprint density at radius 1 is 1.00 bits per heavy atom. The van der Waals surface area contributed by atoms with Gasteiger partial charge in [-0.3, -0.25) is 9.88 Å². The highest BCUT2D eigenvalue weighted by Crippen LogP contribution is 2.08. The van der Waals surface area contributed by atoms with Gasteiger partial charge in [0.25, 0.3) is 0 Å². The van der Waals surface area contributed by atoms with Gasteiger partial charge < -0.3 is 5.32 Å². The van der Waals surface area contributed by atoms with E-state index in [4.69, 9.17) is 0 Å². The topological polar surface area (TPSA) is 28.2 Å². The zero-order valence-electron chi connectivity index (χ0n) is 11.6. The molecule has 0 saturated carbocycles. The minimum absolute atomic E-state index is 0.874. The van der Waals surface area contributed by atoms with E-state index in [1.807, 2.05) is 25.4 Å². The van der Waals surface area contributed by atoms with E-state index in [0.29, 0.717) is 0 Å². The Balaban J connectivity index is 1.89. The lowest BCUT2D eigenvalue weighted by Gasteiger charge is -2.16. The molecule has 0 atom stereocenters. The van der Waals surface area contributed by atoms with E-state index in [2.05, 4.69) is 52.6 Å². The third-order valence-electron chi connectivity index (χ3n) is 3.01. The predicted octanol–water partition coefficient (Wildman–Crippen LogP) is 2.43. The number of rotatable bonds is 6. The summed E-state index contributed by atoms with van der Waals surface area (Å²) >= 11 is 0. The van der Waals surface area contributed by atoms with Crippen LogP contribution in [0.3, 0.4) is 0 Å². The number of benzene rings is 1. The van der Waals surface area contributed by atoms with Crippen molar-refractivity contribution < 1.29 is 0 Å². The predicted molar refractivity (Wildman–Crippen MR) is 78.6 cm³/mol. The second-order valence-corrected chi connectivity index (χ2v) is 4.84. The van der Waals surface area contributed by atoms with E-state index in [9.17, 15) is 0 Å². The summed E-state index contributed by atoms with van der Waals surface area (Å²) in [7, 11) is 4.09. The van der Waals surface area contributed by atoms with Gasteiger partial charge in [-0.1, -0.05) is 30.3 Å². The summed E-state index contributed by atoms with van der Waals surface area (Å²) in [6.45, 7) is 2.74. The summed E-state index contributed by atoms with van der Waals surface area (Å²) in [5.74, 6) is 0. The van der Waals surface area contributed by atoms with Crippen molar-refractivity contribution in [3.8, 4) is 0 Å². The molecule has 100 valence electrons. The molecule has 0 bridgehead atoms. The van der Waals surface area contributed by atoms with Gasteiger partial charge in [0.05, 0.1) is 5.69 Å². The molecule has 1 N–H and O–H groups in total. The van der Waals surface area contributed by atoms with Gasteiger partial charge in [-0.25, -0.2) is 0 Å². The number of pyridine rings is 1. The SMILES string of the molecule is CNCc1ccc(CN(C)Cc2ccccn2)cc1. The number of aromatic nitrogens is 1. The molecule has 0 amide bonds. The maximum atomic E-state index is 4.35. The van der Waals surface area contributed by atoms with E-state index < -0.39 is 0 Å². The monoisotopic (exact) mass is 255 g/mol. The first-order chi connectivity index (χ1) is 9.28. The van der Waals surface area contributed by atoms with Crippen molar-refractivity contribution in [1.82, 2.24) is 15.2 Å². The van der Waals surface area contributed by atoms with Gasteiger partial charge in [-0.15, -0.1) is 0 Å². The maximum Gasteiger partial charge on any atom is 0.0543 e. The van der Waals surface area contributed by atoms with Crippen LogP contribution in [0.1, 0.15) is 16.8 Å². The van der Waals surface area contributed by atoms with E-state index in [-0.39, 0.29) is 0 Å². The number of nitrogens with one attached hydrogen (secondary N) is 1. The summed E-state index contributed by atoms with van der Waals surface area (Å²) in [4.78, 5) is 6.62. The second-order valence-electron chi connectivity index (χ2n) is 4.84. The molecular formula is C16H21N3. The molecule has 0 unspecified atom stereocenters. The van der Waals surface area contributed by atoms with Crippen molar-refractivity contribution in [3.05, 3.63) is 65.5 Å². The standard InChI is InChI=1S/C16H21N3/c1-17-11-14-6-8-15(9-7-14)12-19(2)13-16-5-3-4-10-18-16/h3-10,17H,11-13H2,1-2H3. The lowest BCUT2D eigenvalue weighted by molar-refractivity contribution is 0.315. The highest BCUT2D eigenvalue weighted by Gasteiger charge is 2.02. The Hall–Kier alpha value is -1.71. The van der Waals surface area contributed by atoms with Gasteiger partial charge in [0.15, 0.2) is 0 Å². The first-order valence-electron chi connectivity index (χ1n) is 6.59. The van der Waals surface area contributed by atoms with Crippen molar-refractivity contribution in [2.24, 2.45) is 0 Å². The van der Waals surface area contributed by atoms with Crippen LogP contribution in [-0.4, -0.2) is 24.0 Å². The molecule has 0 aliphatic carbocycles. The van der Waals surface area contributed by atoms with Crippen molar-refractivity contribution in [1.29, 1.82) is 0 Å². The summed E-state index contributed by atoms with van der Waals surface area (Å²) in [5.41, 5.74) is 3.76. The quantitative estimate of drug-likeness (QED) is 0.859. The third-order valence-corrected chi connectivity index (χ3v) is 3.01. The lowest BCUT2D eigenvalue weighted by atomic mass is 10.1. The van der Waals surface area contributed by atoms with Gasteiger partial charge in [0.1, 0.15) is 0 Å². The smallest absolute Gasteiger partial charge is 0.0543 e. The van der Waals surface area contributed by atoms with E-state index >= 15 is 0 Å². The maximum absolute atomic E-state index is 4.35. The molecule has 2 aromatic rings. The molecule has 3 nitrogen and oxygen atoms in total. The van der Waals surface area contributed by atoms with Gasteiger partial charge >= 0.3 is 0 Å². The van der Waals surface area contributed by atoms with Crippen molar-refractivity contribution in [2.75, 3.05) is 14.1 Å². The highest BCUT2D eigenvalue weighted by atomic mass is 15.1.